The predicted molar refractivity (Wildman–Crippen MR) is 89.0 cm³/mol. The van der Waals surface area contributed by atoms with E-state index in [9.17, 15) is 0 Å². The summed E-state index contributed by atoms with van der Waals surface area (Å²) in [5.74, 6) is 0.481. The summed E-state index contributed by atoms with van der Waals surface area (Å²) in [6.07, 6.45) is 5.61. The number of hydrogen-bond acceptors (Lipinski definition) is 4. The summed E-state index contributed by atoms with van der Waals surface area (Å²) in [7, 11) is 1.97. The zero-order valence-electron chi connectivity index (χ0n) is 12.6. The van der Waals surface area contributed by atoms with E-state index in [0.717, 1.165) is 5.56 Å². The number of halogens is 1. The lowest BCUT2D eigenvalue weighted by atomic mass is 10.3. The van der Waals surface area contributed by atoms with Crippen LogP contribution in [0.15, 0.2) is 65.2 Å². The molecule has 0 unspecified atom stereocenters. The minimum Gasteiger partial charge on any atom is -0.382 e. The largest absolute Gasteiger partial charge is 0.382 e. The molecular weight excluding hydrogens is 312 g/mol. The Morgan fingerprint density at radius 2 is 2.00 bits per heavy atom. The molecule has 1 aromatic carbocycles. The molecule has 7 heteroatoms. The van der Waals surface area contributed by atoms with Crippen molar-refractivity contribution in [3.05, 3.63) is 65.6 Å². The molecule has 23 heavy (non-hydrogen) atoms. The molecule has 0 aliphatic rings. The summed E-state index contributed by atoms with van der Waals surface area (Å²) in [5, 5.41) is 13.2. The van der Waals surface area contributed by atoms with Gasteiger partial charge < -0.3 is 5.73 Å². The monoisotopic (exact) mass is 327 g/mol. The molecule has 0 spiro atoms. The lowest BCUT2D eigenvalue weighted by Gasteiger charge is -2.02. The first-order valence-corrected chi connectivity index (χ1v) is 7.42. The van der Waals surface area contributed by atoms with Gasteiger partial charge in [-0.1, -0.05) is 11.6 Å². The van der Waals surface area contributed by atoms with Crippen molar-refractivity contribution in [2.24, 2.45) is 17.3 Å². The maximum atomic E-state index is 6.10. The van der Waals surface area contributed by atoms with E-state index in [2.05, 4.69) is 15.3 Å². The van der Waals surface area contributed by atoms with Crippen molar-refractivity contribution in [3.8, 4) is 0 Å². The van der Waals surface area contributed by atoms with Crippen LogP contribution in [-0.2, 0) is 13.6 Å². The molecule has 116 valence electrons. The predicted octanol–water partition coefficient (Wildman–Crippen LogP) is 3.41. The molecule has 0 aliphatic heterocycles. The maximum Gasteiger partial charge on any atom is 0.173 e. The Labute approximate surface area is 138 Å². The van der Waals surface area contributed by atoms with E-state index in [1.807, 2.05) is 36.1 Å². The summed E-state index contributed by atoms with van der Waals surface area (Å²) in [5.41, 5.74) is 8.45. The molecule has 3 aromatic rings. The van der Waals surface area contributed by atoms with Gasteiger partial charge in [0.1, 0.15) is 18.6 Å². The highest BCUT2D eigenvalue weighted by molar-refractivity contribution is 6.30. The lowest BCUT2D eigenvalue weighted by Crippen LogP contribution is -2.27. The van der Waals surface area contributed by atoms with Gasteiger partial charge in [-0.05, 0) is 30.3 Å². The van der Waals surface area contributed by atoms with Crippen LogP contribution < -0.4 is 10.3 Å². The first-order chi connectivity index (χ1) is 11.1. The third-order valence-corrected chi connectivity index (χ3v) is 3.55. The van der Waals surface area contributed by atoms with Gasteiger partial charge in [-0.3, -0.25) is 0 Å². The van der Waals surface area contributed by atoms with Crippen molar-refractivity contribution in [2.75, 3.05) is 5.73 Å². The Morgan fingerprint density at radius 1 is 1.22 bits per heavy atom. The third-order valence-electron chi connectivity index (χ3n) is 3.29. The zero-order chi connectivity index (χ0) is 16.2. The van der Waals surface area contributed by atoms with Gasteiger partial charge in [-0.15, -0.1) is 5.11 Å². The van der Waals surface area contributed by atoms with Crippen molar-refractivity contribution in [1.82, 2.24) is 9.78 Å². The molecule has 0 bridgehead atoms. The topological polar surface area (TPSA) is 72.4 Å². The van der Waals surface area contributed by atoms with Gasteiger partial charge in [-0.2, -0.15) is 10.2 Å². The minimum absolute atomic E-state index is 0.481. The van der Waals surface area contributed by atoms with Crippen LogP contribution in [0, 0.1) is 0 Å². The highest BCUT2D eigenvalue weighted by atomic mass is 35.5. The molecule has 0 atom stereocenters. The second-order valence-corrected chi connectivity index (χ2v) is 5.56. The second-order valence-electron chi connectivity index (χ2n) is 5.13. The first-order valence-electron chi connectivity index (χ1n) is 7.04. The third kappa shape index (κ3) is 3.73. The summed E-state index contributed by atoms with van der Waals surface area (Å²) in [6.45, 7) is 0.580. The standard InChI is InChI=1S/C16H16ClN6/c1-22-8-2-3-12(10-22)11-23-16(18)15(9-19-23)21-20-14-6-4-13(17)5-7-14/h2-10H,11,18H2,1H3/q+1. The van der Waals surface area contributed by atoms with Gasteiger partial charge >= 0.3 is 0 Å². The fourth-order valence-electron chi connectivity index (χ4n) is 2.12. The summed E-state index contributed by atoms with van der Waals surface area (Å²) in [6, 6.07) is 11.1. The van der Waals surface area contributed by atoms with E-state index in [1.54, 1.807) is 35.1 Å². The van der Waals surface area contributed by atoms with Crippen LogP contribution in [0.25, 0.3) is 0 Å². The van der Waals surface area contributed by atoms with Crippen LogP contribution in [0.1, 0.15) is 5.56 Å². The fourth-order valence-corrected chi connectivity index (χ4v) is 2.25. The summed E-state index contributed by atoms with van der Waals surface area (Å²) in [4.78, 5) is 0. The van der Waals surface area contributed by atoms with Crippen LogP contribution in [0.4, 0.5) is 17.2 Å². The average molecular weight is 328 g/mol. The normalized spacial score (nSPS) is 11.2. The maximum absolute atomic E-state index is 6.10. The second kappa shape index (κ2) is 6.58. The summed E-state index contributed by atoms with van der Waals surface area (Å²) >= 11 is 5.84. The Bertz CT molecular complexity index is 838. The Kier molecular flexibility index (Phi) is 4.34. The van der Waals surface area contributed by atoms with Crippen molar-refractivity contribution >= 4 is 28.8 Å². The number of nitrogens with two attached hydrogens (primary N) is 1. The van der Waals surface area contributed by atoms with Gasteiger partial charge in [0.25, 0.3) is 0 Å². The number of nitrogens with zero attached hydrogens (tertiary/aromatic N) is 5. The van der Waals surface area contributed by atoms with Crippen LogP contribution in [0.2, 0.25) is 5.02 Å². The lowest BCUT2D eigenvalue weighted by molar-refractivity contribution is -0.671. The Hall–Kier alpha value is -2.73. The van der Waals surface area contributed by atoms with Crippen LogP contribution in [0.3, 0.4) is 0 Å². The molecule has 0 saturated carbocycles. The van der Waals surface area contributed by atoms with Gasteiger partial charge in [0, 0.05) is 16.7 Å². The van der Waals surface area contributed by atoms with Crippen LogP contribution in [-0.4, -0.2) is 9.78 Å². The quantitative estimate of drug-likeness (QED) is 0.589. The minimum atomic E-state index is 0.481. The zero-order valence-corrected chi connectivity index (χ0v) is 13.4. The fraction of sp³-hybridized carbons (Fsp3) is 0.125. The van der Waals surface area contributed by atoms with E-state index >= 15 is 0 Å². The van der Waals surface area contributed by atoms with Gasteiger partial charge in [0.2, 0.25) is 0 Å². The van der Waals surface area contributed by atoms with E-state index in [0.29, 0.717) is 28.8 Å². The Morgan fingerprint density at radius 3 is 2.74 bits per heavy atom. The molecule has 2 heterocycles. The molecule has 0 saturated heterocycles. The smallest absolute Gasteiger partial charge is 0.173 e. The Balaban J connectivity index is 1.77. The molecular formula is C16H16ClN6+. The molecule has 0 fully saturated rings. The van der Waals surface area contributed by atoms with Crippen LogP contribution >= 0.6 is 11.6 Å². The molecule has 6 nitrogen and oxygen atoms in total. The van der Waals surface area contributed by atoms with Crippen molar-refractivity contribution < 1.29 is 4.57 Å². The van der Waals surface area contributed by atoms with Crippen molar-refractivity contribution in [1.29, 1.82) is 0 Å². The first kappa shape index (κ1) is 15.2. The van der Waals surface area contributed by atoms with E-state index in [-0.39, 0.29) is 0 Å². The molecule has 3 rings (SSSR count). The highest BCUT2D eigenvalue weighted by Gasteiger charge is 2.08. The number of rotatable bonds is 4. The number of anilines is 1. The van der Waals surface area contributed by atoms with Crippen LogP contribution in [0.5, 0.6) is 0 Å². The number of azo groups is 1. The summed E-state index contributed by atoms with van der Waals surface area (Å²) < 4.78 is 3.68. The average Bonchev–Trinajstić information content (AvgIpc) is 2.87. The van der Waals surface area contributed by atoms with E-state index in [4.69, 9.17) is 17.3 Å². The SMILES string of the molecule is C[n+]1cccc(Cn2ncc(N=Nc3ccc(Cl)cc3)c2N)c1. The number of pyridine rings is 1. The van der Waals surface area contributed by atoms with E-state index in [1.165, 1.54) is 0 Å². The van der Waals surface area contributed by atoms with Gasteiger partial charge in [0.05, 0.1) is 18.4 Å². The number of aromatic nitrogens is 3. The number of aryl methyl sites for hydroxylation is 1. The van der Waals surface area contributed by atoms with E-state index < -0.39 is 0 Å². The van der Waals surface area contributed by atoms with Crippen molar-refractivity contribution in [2.45, 2.75) is 6.54 Å². The molecule has 0 radical (unpaired) electrons. The number of benzene rings is 1. The van der Waals surface area contributed by atoms with Gasteiger partial charge in [-0.25, -0.2) is 9.25 Å². The molecule has 2 aromatic heterocycles. The number of hydrogen-bond donors (Lipinski definition) is 1. The molecule has 0 amide bonds. The van der Waals surface area contributed by atoms with Gasteiger partial charge in [0.15, 0.2) is 12.4 Å². The number of nitrogen functional groups attached to an aromatic ring is 1. The molecule has 0 aliphatic carbocycles. The van der Waals surface area contributed by atoms with Crippen molar-refractivity contribution in [3.63, 3.8) is 0 Å². The molecule has 2 N–H and O–H groups in total. The highest BCUT2D eigenvalue weighted by Crippen LogP contribution is 2.25.